The van der Waals surface area contributed by atoms with Crippen molar-refractivity contribution in [2.75, 3.05) is 0 Å². The minimum Gasteiger partial charge on any atom is -0.485 e. The highest BCUT2D eigenvalue weighted by Gasteiger charge is 2.10. The molecule has 1 aromatic carbocycles. The van der Waals surface area contributed by atoms with Crippen LogP contribution >= 0.6 is 0 Å². The molecule has 0 bridgehead atoms. The third-order valence-electron chi connectivity index (χ3n) is 2.53. The van der Waals surface area contributed by atoms with Gasteiger partial charge < -0.3 is 14.3 Å². The van der Waals surface area contributed by atoms with E-state index in [0.29, 0.717) is 17.1 Å². The van der Waals surface area contributed by atoms with Gasteiger partial charge in [-0.05, 0) is 18.2 Å². The maximum atomic E-state index is 11.2. The lowest BCUT2D eigenvalue weighted by atomic mass is 10.2. The molecule has 0 aliphatic rings. The standard InChI is InChI=1S/C13H14N2O4/c14-15-13(17)12-6-5-10(19-12)8-18-11-4-2-1-3-9(11)7-16/h1-6,16H,7-8,14H2,(H,15,17). The van der Waals surface area contributed by atoms with E-state index < -0.39 is 5.91 Å². The van der Waals surface area contributed by atoms with Crippen LogP contribution in [0, 0.1) is 0 Å². The Kier molecular flexibility index (Phi) is 4.17. The highest BCUT2D eigenvalue weighted by Crippen LogP contribution is 2.19. The number of amides is 1. The number of hydrogen-bond acceptors (Lipinski definition) is 5. The first-order valence-electron chi connectivity index (χ1n) is 5.66. The van der Waals surface area contributed by atoms with Gasteiger partial charge in [-0.2, -0.15) is 0 Å². The first kappa shape index (κ1) is 13.1. The number of ether oxygens (including phenoxy) is 1. The monoisotopic (exact) mass is 262 g/mol. The van der Waals surface area contributed by atoms with Crippen molar-refractivity contribution in [3.63, 3.8) is 0 Å². The molecule has 1 heterocycles. The molecule has 6 nitrogen and oxygen atoms in total. The second-order valence-corrected chi connectivity index (χ2v) is 3.79. The zero-order valence-electron chi connectivity index (χ0n) is 10.1. The van der Waals surface area contributed by atoms with Crippen molar-refractivity contribution in [3.8, 4) is 5.75 Å². The van der Waals surface area contributed by atoms with Crippen LogP contribution in [0.4, 0.5) is 0 Å². The lowest BCUT2D eigenvalue weighted by Gasteiger charge is -2.08. The number of hydrogen-bond donors (Lipinski definition) is 3. The Labute approximate surface area is 109 Å². The molecule has 0 aliphatic carbocycles. The Hall–Kier alpha value is -2.31. The average Bonchev–Trinajstić information content (AvgIpc) is 2.93. The van der Waals surface area contributed by atoms with E-state index in [1.54, 1.807) is 18.2 Å². The minimum atomic E-state index is -0.498. The Morgan fingerprint density at radius 2 is 2.11 bits per heavy atom. The van der Waals surface area contributed by atoms with Gasteiger partial charge >= 0.3 is 5.91 Å². The van der Waals surface area contributed by atoms with Crippen LogP contribution in [0.2, 0.25) is 0 Å². The quantitative estimate of drug-likeness (QED) is 0.423. The van der Waals surface area contributed by atoms with Crippen LogP contribution in [0.5, 0.6) is 5.75 Å². The molecule has 4 N–H and O–H groups in total. The first-order valence-corrected chi connectivity index (χ1v) is 5.66. The van der Waals surface area contributed by atoms with E-state index in [1.807, 2.05) is 17.6 Å². The molecule has 0 spiro atoms. The number of hydrazine groups is 1. The normalized spacial score (nSPS) is 10.2. The van der Waals surface area contributed by atoms with Crippen LogP contribution in [0.3, 0.4) is 0 Å². The number of nitrogen functional groups attached to an aromatic ring is 1. The van der Waals surface area contributed by atoms with Crippen molar-refractivity contribution in [1.29, 1.82) is 0 Å². The highest BCUT2D eigenvalue weighted by atomic mass is 16.5. The number of carbonyl (C=O) groups excluding carboxylic acids is 1. The van der Waals surface area contributed by atoms with Gasteiger partial charge in [-0.3, -0.25) is 10.2 Å². The van der Waals surface area contributed by atoms with Gasteiger partial charge in [-0.15, -0.1) is 0 Å². The maximum Gasteiger partial charge on any atom is 0.300 e. The van der Waals surface area contributed by atoms with Gasteiger partial charge in [-0.1, -0.05) is 18.2 Å². The summed E-state index contributed by atoms with van der Waals surface area (Å²) in [6, 6.07) is 10.3. The summed E-state index contributed by atoms with van der Waals surface area (Å²) in [5.74, 6) is 5.69. The fourth-order valence-corrected chi connectivity index (χ4v) is 1.57. The van der Waals surface area contributed by atoms with Gasteiger partial charge in [0.1, 0.15) is 18.1 Å². The molecule has 1 aromatic heterocycles. The lowest BCUT2D eigenvalue weighted by molar-refractivity contribution is 0.0922. The Morgan fingerprint density at radius 3 is 2.84 bits per heavy atom. The molecule has 1 amide bonds. The molecule has 2 aromatic rings. The van der Waals surface area contributed by atoms with Gasteiger partial charge in [0.2, 0.25) is 0 Å². The second kappa shape index (κ2) is 6.03. The van der Waals surface area contributed by atoms with E-state index in [2.05, 4.69) is 0 Å². The second-order valence-electron chi connectivity index (χ2n) is 3.79. The van der Waals surface area contributed by atoms with E-state index in [9.17, 15) is 4.79 Å². The molecule has 0 saturated carbocycles. The summed E-state index contributed by atoms with van der Waals surface area (Å²) in [6.07, 6.45) is 0. The molecule has 0 unspecified atom stereocenters. The lowest BCUT2D eigenvalue weighted by Crippen LogP contribution is -2.29. The third kappa shape index (κ3) is 3.12. The van der Waals surface area contributed by atoms with Crippen molar-refractivity contribution in [3.05, 3.63) is 53.5 Å². The highest BCUT2D eigenvalue weighted by molar-refractivity contribution is 5.90. The summed E-state index contributed by atoms with van der Waals surface area (Å²) >= 11 is 0. The number of nitrogens with two attached hydrogens (primary N) is 1. The molecule has 0 saturated heterocycles. The topological polar surface area (TPSA) is 97.7 Å². The van der Waals surface area contributed by atoms with Gasteiger partial charge in [0, 0.05) is 5.56 Å². The van der Waals surface area contributed by atoms with Gasteiger partial charge in [-0.25, -0.2) is 5.84 Å². The Balaban J connectivity index is 2.02. The Bertz CT molecular complexity index is 565. The summed E-state index contributed by atoms with van der Waals surface area (Å²) in [4.78, 5) is 11.2. The van der Waals surface area contributed by atoms with E-state index in [4.69, 9.17) is 20.1 Å². The van der Waals surface area contributed by atoms with Crippen LogP contribution in [-0.2, 0) is 13.2 Å². The number of nitrogens with one attached hydrogen (secondary N) is 1. The van der Waals surface area contributed by atoms with Crippen LogP contribution in [0.1, 0.15) is 21.9 Å². The zero-order valence-corrected chi connectivity index (χ0v) is 10.1. The molecule has 100 valence electrons. The smallest absolute Gasteiger partial charge is 0.300 e. The molecule has 19 heavy (non-hydrogen) atoms. The van der Waals surface area contributed by atoms with Crippen molar-refractivity contribution in [2.24, 2.45) is 5.84 Å². The molecular formula is C13H14N2O4. The van der Waals surface area contributed by atoms with Gasteiger partial charge in [0.15, 0.2) is 5.76 Å². The predicted molar refractivity (Wildman–Crippen MR) is 67.1 cm³/mol. The number of aliphatic hydroxyl groups excluding tert-OH is 1. The van der Waals surface area contributed by atoms with Gasteiger partial charge in [0.25, 0.3) is 0 Å². The number of para-hydroxylation sites is 1. The van der Waals surface area contributed by atoms with Crippen LogP contribution < -0.4 is 16.0 Å². The van der Waals surface area contributed by atoms with E-state index in [1.165, 1.54) is 6.07 Å². The minimum absolute atomic E-state index is 0.102. The molecule has 0 radical (unpaired) electrons. The summed E-state index contributed by atoms with van der Waals surface area (Å²) < 4.78 is 10.8. The van der Waals surface area contributed by atoms with Crippen LogP contribution in [0.25, 0.3) is 0 Å². The predicted octanol–water partition coefficient (Wildman–Crippen LogP) is 0.954. The molecule has 0 atom stereocenters. The number of carbonyl (C=O) groups is 1. The Morgan fingerprint density at radius 1 is 1.32 bits per heavy atom. The zero-order chi connectivity index (χ0) is 13.7. The SMILES string of the molecule is NNC(=O)c1ccc(COc2ccccc2CO)o1. The largest absolute Gasteiger partial charge is 0.485 e. The van der Waals surface area contributed by atoms with Gasteiger partial charge in [0.05, 0.1) is 6.61 Å². The average molecular weight is 262 g/mol. The molecule has 2 rings (SSSR count). The van der Waals surface area contributed by atoms with E-state index in [-0.39, 0.29) is 19.0 Å². The summed E-state index contributed by atoms with van der Waals surface area (Å²) in [5, 5.41) is 9.15. The van der Waals surface area contributed by atoms with Crippen molar-refractivity contribution < 1.29 is 19.1 Å². The van der Waals surface area contributed by atoms with E-state index in [0.717, 1.165) is 0 Å². The number of rotatable bonds is 5. The molecular weight excluding hydrogens is 248 g/mol. The molecule has 0 aliphatic heterocycles. The van der Waals surface area contributed by atoms with Crippen molar-refractivity contribution in [2.45, 2.75) is 13.2 Å². The fourth-order valence-electron chi connectivity index (χ4n) is 1.57. The van der Waals surface area contributed by atoms with E-state index >= 15 is 0 Å². The van der Waals surface area contributed by atoms with Crippen molar-refractivity contribution >= 4 is 5.91 Å². The first-order chi connectivity index (χ1) is 9.24. The summed E-state index contributed by atoms with van der Waals surface area (Å²) in [6.45, 7) is 0.0595. The fraction of sp³-hybridized carbons (Fsp3) is 0.154. The molecule has 0 fully saturated rings. The number of furan rings is 1. The summed E-state index contributed by atoms with van der Waals surface area (Å²) in [5.41, 5.74) is 2.67. The number of benzene rings is 1. The maximum absolute atomic E-state index is 11.2. The third-order valence-corrected chi connectivity index (χ3v) is 2.53. The number of aliphatic hydroxyl groups is 1. The van der Waals surface area contributed by atoms with Crippen molar-refractivity contribution in [1.82, 2.24) is 5.43 Å². The molecule has 6 heteroatoms. The van der Waals surface area contributed by atoms with Crippen LogP contribution in [0.15, 0.2) is 40.8 Å². The van der Waals surface area contributed by atoms with Crippen LogP contribution in [-0.4, -0.2) is 11.0 Å². The summed E-state index contributed by atoms with van der Waals surface area (Å²) in [7, 11) is 0.